The number of carbonyl (C=O) groups excluding carboxylic acids is 2. The molecule has 10 N–H and O–H groups in total. The van der Waals surface area contributed by atoms with Gasteiger partial charge in [0.15, 0.2) is 0 Å². The molecule has 4 aromatic rings. The molecule has 240 valence electrons. The van der Waals surface area contributed by atoms with Crippen LogP contribution >= 0.6 is 0 Å². The first-order chi connectivity index (χ1) is 21.2. The third-order valence-electron chi connectivity index (χ3n) is 5.95. The average molecular weight is 625 g/mol. The Hall–Kier alpha value is -5.56. The van der Waals surface area contributed by atoms with Gasteiger partial charge in [-0.1, -0.05) is 24.3 Å². The molecule has 2 amide bonds. The summed E-state index contributed by atoms with van der Waals surface area (Å²) in [4.78, 5) is 22.7. The van der Waals surface area contributed by atoms with E-state index in [1.54, 1.807) is 74.5 Å². The predicted molar refractivity (Wildman–Crippen MR) is 174 cm³/mol. The fraction of sp³-hybridized carbons (Fsp3) is 0.188. The Morgan fingerprint density at radius 2 is 0.978 bits per heavy atom. The largest absolute Gasteiger partial charge is 0.450 e. The summed E-state index contributed by atoms with van der Waals surface area (Å²) in [5.41, 5.74) is 17.1. The topological polar surface area (TPSA) is 184 Å². The van der Waals surface area contributed by atoms with Crippen LogP contribution in [0.15, 0.2) is 84.9 Å². The fourth-order valence-electron chi connectivity index (χ4n) is 3.74. The van der Waals surface area contributed by atoms with Gasteiger partial charge in [-0.2, -0.15) is 0 Å². The van der Waals surface area contributed by atoms with E-state index in [4.69, 9.17) is 20.9 Å². The molecule has 0 unspecified atom stereocenters. The van der Waals surface area contributed by atoms with Crippen LogP contribution < -0.4 is 32.7 Å². The molecule has 45 heavy (non-hydrogen) atoms. The zero-order valence-corrected chi connectivity index (χ0v) is 25.0. The number of nitrogens with two attached hydrogens (primary N) is 2. The molecule has 13 heteroatoms. The summed E-state index contributed by atoms with van der Waals surface area (Å²) >= 11 is 0. The van der Waals surface area contributed by atoms with Gasteiger partial charge in [0.1, 0.15) is 11.6 Å². The molecule has 0 radical (unpaired) electrons. The highest BCUT2D eigenvalue weighted by Gasteiger charge is 2.07. The first-order valence-electron chi connectivity index (χ1n) is 13.8. The maximum atomic E-state index is 12.8. The van der Waals surface area contributed by atoms with E-state index in [0.717, 1.165) is 22.5 Å². The van der Waals surface area contributed by atoms with Gasteiger partial charge in [0.25, 0.3) is 0 Å². The molecular formula is C32H38F2N6O5. The quantitative estimate of drug-likeness (QED) is 0.110. The highest BCUT2D eigenvalue weighted by atomic mass is 19.1. The van der Waals surface area contributed by atoms with Gasteiger partial charge in [0.05, 0.1) is 36.0 Å². The Morgan fingerprint density at radius 3 is 1.29 bits per heavy atom. The van der Waals surface area contributed by atoms with Crippen molar-refractivity contribution in [3.05, 3.63) is 108 Å². The van der Waals surface area contributed by atoms with Crippen LogP contribution in [0.1, 0.15) is 25.0 Å². The van der Waals surface area contributed by atoms with Crippen molar-refractivity contribution in [2.45, 2.75) is 26.9 Å². The van der Waals surface area contributed by atoms with Gasteiger partial charge in [-0.25, -0.2) is 18.4 Å². The Bertz CT molecular complexity index is 1410. The van der Waals surface area contributed by atoms with Crippen LogP contribution in [0.5, 0.6) is 0 Å². The highest BCUT2D eigenvalue weighted by Crippen LogP contribution is 2.24. The summed E-state index contributed by atoms with van der Waals surface area (Å²) in [5.74, 6) is -0.523. The number of amides is 2. The molecular weight excluding hydrogens is 586 g/mol. The number of benzene rings is 4. The minimum atomic E-state index is -0.541. The molecule has 0 spiro atoms. The van der Waals surface area contributed by atoms with Gasteiger partial charge in [-0.3, -0.25) is 10.6 Å². The Morgan fingerprint density at radius 1 is 0.622 bits per heavy atom. The van der Waals surface area contributed by atoms with Crippen molar-refractivity contribution >= 4 is 46.3 Å². The third kappa shape index (κ3) is 12.3. The Kier molecular flexibility index (Phi) is 14.4. The minimum absolute atomic E-state index is 0. The number of hydrogen-bond donors (Lipinski definition) is 6. The minimum Gasteiger partial charge on any atom is -0.450 e. The van der Waals surface area contributed by atoms with E-state index in [2.05, 4.69) is 21.3 Å². The van der Waals surface area contributed by atoms with E-state index >= 15 is 0 Å². The summed E-state index contributed by atoms with van der Waals surface area (Å²) in [6.45, 7) is 5.14. The number of carbonyl (C=O) groups is 2. The van der Waals surface area contributed by atoms with Gasteiger partial charge in [-0.15, -0.1) is 0 Å². The highest BCUT2D eigenvalue weighted by molar-refractivity contribution is 5.90. The Balaban J connectivity index is 0.000000307. The van der Waals surface area contributed by atoms with E-state index in [1.165, 1.54) is 24.3 Å². The van der Waals surface area contributed by atoms with Gasteiger partial charge >= 0.3 is 12.2 Å². The van der Waals surface area contributed by atoms with Crippen LogP contribution in [-0.4, -0.2) is 30.9 Å². The molecule has 0 aromatic heterocycles. The summed E-state index contributed by atoms with van der Waals surface area (Å²) in [6.07, 6.45) is -1.08. The lowest BCUT2D eigenvalue weighted by Gasteiger charge is -2.11. The number of hydrogen-bond acceptors (Lipinski definition) is 8. The monoisotopic (exact) mass is 624 g/mol. The predicted octanol–water partition coefficient (Wildman–Crippen LogP) is 6.35. The van der Waals surface area contributed by atoms with Gasteiger partial charge in [0, 0.05) is 24.5 Å². The van der Waals surface area contributed by atoms with E-state index in [-0.39, 0.29) is 17.1 Å². The Labute approximate surface area is 260 Å². The van der Waals surface area contributed by atoms with Crippen LogP contribution in [0, 0.1) is 11.6 Å². The van der Waals surface area contributed by atoms with Crippen LogP contribution in [-0.2, 0) is 22.6 Å². The summed E-state index contributed by atoms with van der Waals surface area (Å²) < 4.78 is 35.2. The van der Waals surface area contributed by atoms with Crippen LogP contribution in [0.3, 0.4) is 0 Å². The van der Waals surface area contributed by atoms with Crippen molar-refractivity contribution in [3.8, 4) is 0 Å². The van der Waals surface area contributed by atoms with Gasteiger partial charge < -0.3 is 37.1 Å². The van der Waals surface area contributed by atoms with Crippen molar-refractivity contribution in [3.63, 3.8) is 0 Å². The summed E-state index contributed by atoms with van der Waals surface area (Å²) in [6, 6.07) is 22.9. The third-order valence-corrected chi connectivity index (χ3v) is 5.95. The molecule has 11 nitrogen and oxygen atoms in total. The second kappa shape index (κ2) is 18.2. The molecule has 0 fully saturated rings. The number of rotatable bonds is 10. The van der Waals surface area contributed by atoms with E-state index in [1.807, 2.05) is 0 Å². The molecule has 0 aliphatic heterocycles. The molecule has 0 heterocycles. The normalized spacial score (nSPS) is 9.87. The maximum Gasteiger partial charge on any atom is 0.411 e. The molecule has 0 bridgehead atoms. The van der Waals surface area contributed by atoms with Crippen LogP contribution in [0.4, 0.5) is 52.5 Å². The number of halogens is 2. The van der Waals surface area contributed by atoms with Crippen molar-refractivity contribution in [2.24, 2.45) is 0 Å². The van der Waals surface area contributed by atoms with Gasteiger partial charge in [-0.05, 0) is 85.6 Å². The summed E-state index contributed by atoms with van der Waals surface area (Å²) in [7, 11) is 0. The molecule has 4 rings (SSSR count). The number of ether oxygens (including phenoxy) is 2. The van der Waals surface area contributed by atoms with E-state index < -0.39 is 12.2 Å². The second-order valence-electron chi connectivity index (χ2n) is 9.26. The molecule has 0 aliphatic rings. The maximum absolute atomic E-state index is 12.8. The van der Waals surface area contributed by atoms with Crippen molar-refractivity contribution in [2.75, 3.05) is 45.9 Å². The van der Waals surface area contributed by atoms with Gasteiger partial charge in [0.2, 0.25) is 0 Å². The van der Waals surface area contributed by atoms with Crippen LogP contribution in [0.2, 0.25) is 0 Å². The van der Waals surface area contributed by atoms with Crippen molar-refractivity contribution in [1.82, 2.24) is 0 Å². The molecule has 4 aromatic carbocycles. The number of nitrogen functional groups attached to an aromatic ring is 2. The molecule has 0 aliphatic carbocycles. The first-order valence-corrected chi connectivity index (χ1v) is 13.8. The lowest BCUT2D eigenvalue weighted by atomic mass is 10.2. The fourth-order valence-corrected chi connectivity index (χ4v) is 3.74. The second-order valence-corrected chi connectivity index (χ2v) is 9.26. The average Bonchev–Trinajstić information content (AvgIpc) is 3.00. The molecule has 0 atom stereocenters. The zero-order chi connectivity index (χ0) is 31.9. The van der Waals surface area contributed by atoms with E-state index in [9.17, 15) is 18.4 Å². The number of nitrogens with one attached hydrogen (secondary N) is 4. The van der Waals surface area contributed by atoms with Crippen LogP contribution in [0.25, 0.3) is 0 Å². The first kappa shape index (κ1) is 35.6. The number of anilines is 6. The summed E-state index contributed by atoms with van der Waals surface area (Å²) in [5, 5.41) is 11.5. The SMILES string of the molecule is CCOC(=O)Nc1ccc(NCc2ccc(F)cc2)cc1N.CCOC(=O)Nc1ccc(NCc2ccc(F)cc2)cc1N.O. The van der Waals surface area contributed by atoms with Crippen molar-refractivity contribution in [1.29, 1.82) is 0 Å². The van der Waals surface area contributed by atoms with E-state index in [0.29, 0.717) is 49.1 Å². The molecule has 0 saturated heterocycles. The van der Waals surface area contributed by atoms with Crippen molar-refractivity contribution < 1.29 is 33.3 Å². The lowest BCUT2D eigenvalue weighted by Crippen LogP contribution is -2.14. The molecule has 0 saturated carbocycles. The zero-order valence-electron chi connectivity index (χ0n) is 25.0. The lowest BCUT2D eigenvalue weighted by molar-refractivity contribution is 0.167. The standard InChI is InChI=1S/2C16H18FN3O2.H2O/c2*1-2-22-16(21)20-15-8-7-13(9-14(15)18)19-10-11-3-5-12(17)6-4-11;/h2*3-9,19H,2,10,18H2,1H3,(H,20,21);1H2. The smallest absolute Gasteiger partial charge is 0.411 e.